The molecular formula is C20H23ClN4O3. The number of likely N-dealkylation sites (N-methyl/N-ethyl adjacent to an activating group) is 1. The SMILES string of the molecule is Cc1cccc(C)c1NC(=O)CN(C)CC(=O)NNC(=O)c1ccccc1Cl. The molecule has 0 atom stereocenters. The highest BCUT2D eigenvalue weighted by molar-refractivity contribution is 6.33. The number of amides is 3. The second-order valence-corrected chi connectivity index (χ2v) is 6.88. The molecule has 3 amide bonds. The minimum Gasteiger partial charge on any atom is -0.324 e. The number of halogens is 1. The molecule has 7 nitrogen and oxygen atoms in total. The summed E-state index contributed by atoms with van der Waals surface area (Å²) in [4.78, 5) is 37.8. The lowest BCUT2D eigenvalue weighted by Gasteiger charge is -2.17. The minimum absolute atomic E-state index is 0.0274. The van der Waals surface area contributed by atoms with Gasteiger partial charge in [-0.2, -0.15) is 0 Å². The average molecular weight is 403 g/mol. The second-order valence-electron chi connectivity index (χ2n) is 6.47. The van der Waals surface area contributed by atoms with E-state index in [9.17, 15) is 14.4 Å². The zero-order valence-corrected chi connectivity index (χ0v) is 16.8. The first-order valence-electron chi connectivity index (χ1n) is 8.66. The smallest absolute Gasteiger partial charge is 0.271 e. The molecule has 2 rings (SSSR count). The molecule has 0 radical (unpaired) electrons. The van der Waals surface area contributed by atoms with Crippen molar-refractivity contribution in [1.82, 2.24) is 15.8 Å². The fourth-order valence-corrected chi connectivity index (χ4v) is 2.84. The maximum absolute atomic E-state index is 12.2. The zero-order valence-electron chi connectivity index (χ0n) is 16.0. The van der Waals surface area contributed by atoms with Gasteiger partial charge in [-0.15, -0.1) is 0 Å². The van der Waals surface area contributed by atoms with E-state index in [1.807, 2.05) is 32.0 Å². The number of carbonyl (C=O) groups excluding carboxylic acids is 3. The molecule has 3 N–H and O–H groups in total. The van der Waals surface area contributed by atoms with E-state index in [1.54, 1.807) is 36.2 Å². The van der Waals surface area contributed by atoms with Crippen molar-refractivity contribution in [2.75, 3.05) is 25.5 Å². The zero-order chi connectivity index (χ0) is 20.7. The predicted octanol–water partition coefficient (Wildman–Crippen LogP) is 2.29. The van der Waals surface area contributed by atoms with Crippen LogP contribution in [-0.2, 0) is 9.59 Å². The average Bonchev–Trinajstić information content (AvgIpc) is 2.63. The summed E-state index contributed by atoms with van der Waals surface area (Å²) in [6.45, 7) is 3.80. The Hall–Kier alpha value is -2.90. The van der Waals surface area contributed by atoms with Crippen molar-refractivity contribution < 1.29 is 14.4 Å². The number of carbonyl (C=O) groups is 3. The molecule has 2 aromatic rings. The molecule has 0 aliphatic rings. The Balaban J connectivity index is 1.80. The number of hydrogen-bond acceptors (Lipinski definition) is 4. The number of rotatable bonds is 6. The van der Waals surface area contributed by atoms with Gasteiger partial charge in [-0.05, 0) is 44.2 Å². The van der Waals surface area contributed by atoms with E-state index in [-0.39, 0.29) is 29.6 Å². The number of nitrogens with one attached hydrogen (secondary N) is 3. The van der Waals surface area contributed by atoms with Crippen molar-refractivity contribution in [3.05, 3.63) is 64.2 Å². The van der Waals surface area contributed by atoms with Crippen molar-refractivity contribution in [1.29, 1.82) is 0 Å². The summed E-state index contributed by atoms with van der Waals surface area (Å²) in [6.07, 6.45) is 0. The highest BCUT2D eigenvalue weighted by Crippen LogP contribution is 2.19. The van der Waals surface area contributed by atoms with E-state index in [0.29, 0.717) is 0 Å². The third-order valence-electron chi connectivity index (χ3n) is 4.01. The minimum atomic E-state index is -0.519. The molecule has 0 fully saturated rings. The summed E-state index contributed by atoms with van der Waals surface area (Å²) in [5.74, 6) is -1.20. The van der Waals surface area contributed by atoms with Gasteiger partial charge in [0.1, 0.15) is 0 Å². The van der Waals surface area contributed by atoms with Crippen molar-refractivity contribution in [2.45, 2.75) is 13.8 Å². The number of anilines is 1. The molecule has 0 saturated heterocycles. The van der Waals surface area contributed by atoms with Crippen LogP contribution in [0.15, 0.2) is 42.5 Å². The third kappa shape index (κ3) is 6.07. The Labute approximate surface area is 169 Å². The maximum atomic E-state index is 12.2. The van der Waals surface area contributed by atoms with Gasteiger partial charge < -0.3 is 5.32 Å². The van der Waals surface area contributed by atoms with Crippen LogP contribution in [0.5, 0.6) is 0 Å². The molecule has 0 bridgehead atoms. The van der Waals surface area contributed by atoms with Crippen LogP contribution in [0.3, 0.4) is 0 Å². The molecule has 148 valence electrons. The van der Waals surface area contributed by atoms with Crippen LogP contribution in [0.2, 0.25) is 5.02 Å². The summed E-state index contributed by atoms with van der Waals surface area (Å²) in [5.41, 5.74) is 7.58. The van der Waals surface area contributed by atoms with Gasteiger partial charge in [0.05, 0.1) is 23.7 Å². The molecule has 0 aliphatic heterocycles. The van der Waals surface area contributed by atoms with Crippen LogP contribution in [0.25, 0.3) is 0 Å². The van der Waals surface area contributed by atoms with E-state index >= 15 is 0 Å². The van der Waals surface area contributed by atoms with E-state index in [0.717, 1.165) is 16.8 Å². The van der Waals surface area contributed by atoms with Gasteiger partial charge >= 0.3 is 0 Å². The summed E-state index contributed by atoms with van der Waals surface area (Å²) < 4.78 is 0. The summed E-state index contributed by atoms with van der Waals surface area (Å²) in [7, 11) is 1.64. The molecule has 0 saturated carbocycles. The third-order valence-corrected chi connectivity index (χ3v) is 4.34. The number of hydrazine groups is 1. The first-order chi connectivity index (χ1) is 13.3. The first-order valence-corrected chi connectivity index (χ1v) is 9.04. The molecule has 0 aliphatic carbocycles. The van der Waals surface area contributed by atoms with Crippen LogP contribution in [0, 0.1) is 13.8 Å². The lowest BCUT2D eigenvalue weighted by molar-refractivity contribution is -0.123. The fourth-order valence-electron chi connectivity index (χ4n) is 2.62. The van der Waals surface area contributed by atoms with Gasteiger partial charge in [0.2, 0.25) is 5.91 Å². The van der Waals surface area contributed by atoms with Crippen LogP contribution in [0.4, 0.5) is 5.69 Å². The largest absolute Gasteiger partial charge is 0.324 e. The van der Waals surface area contributed by atoms with Gasteiger partial charge in [0, 0.05) is 5.69 Å². The standard InChI is InChI=1S/C20H23ClN4O3/c1-13-7-6-8-14(2)19(13)22-17(26)11-25(3)12-18(27)23-24-20(28)15-9-4-5-10-16(15)21/h4-10H,11-12H2,1-3H3,(H,22,26)(H,23,27)(H,24,28). The van der Waals surface area contributed by atoms with Crippen molar-refractivity contribution in [2.24, 2.45) is 0 Å². The molecule has 2 aromatic carbocycles. The predicted molar refractivity (Wildman–Crippen MR) is 109 cm³/mol. The van der Waals surface area contributed by atoms with Crippen LogP contribution in [-0.4, -0.2) is 42.8 Å². The highest BCUT2D eigenvalue weighted by atomic mass is 35.5. The van der Waals surface area contributed by atoms with Gasteiger partial charge in [-0.3, -0.25) is 30.1 Å². The summed E-state index contributed by atoms with van der Waals surface area (Å²) >= 11 is 5.94. The lowest BCUT2D eigenvalue weighted by Crippen LogP contribution is -2.46. The Morgan fingerprint density at radius 2 is 1.50 bits per heavy atom. The first kappa shape index (κ1) is 21.4. The van der Waals surface area contributed by atoms with Gasteiger partial charge in [0.25, 0.3) is 11.8 Å². The van der Waals surface area contributed by atoms with Crippen LogP contribution in [0.1, 0.15) is 21.5 Å². The van der Waals surface area contributed by atoms with E-state index in [2.05, 4.69) is 16.2 Å². The maximum Gasteiger partial charge on any atom is 0.271 e. The van der Waals surface area contributed by atoms with E-state index in [1.165, 1.54) is 0 Å². The number of para-hydroxylation sites is 1. The normalized spacial score (nSPS) is 10.5. The number of nitrogens with zero attached hydrogens (tertiary/aromatic N) is 1. The molecular weight excluding hydrogens is 380 g/mol. The quantitative estimate of drug-likeness (QED) is 0.646. The molecule has 28 heavy (non-hydrogen) atoms. The Morgan fingerprint density at radius 3 is 2.14 bits per heavy atom. The molecule has 0 aromatic heterocycles. The molecule has 0 heterocycles. The van der Waals surface area contributed by atoms with Gasteiger partial charge in [-0.1, -0.05) is 41.9 Å². The topological polar surface area (TPSA) is 90.5 Å². The second kappa shape index (κ2) is 9.87. The molecule has 8 heteroatoms. The Morgan fingerprint density at radius 1 is 0.893 bits per heavy atom. The Kier molecular flexibility index (Phi) is 7.54. The van der Waals surface area contributed by atoms with Crippen LogP contribution < -0.4 is 16.2 Å². The Bertz CT molecular complexity index is 865. The highest BCUT2D eigenvalue weighted by Gasteiger charge is 2.14. The summed E-state index contributed by atoms with van der Waals surface area (Å²) in [6, 6.07) is 12.3. The fraction of sp³-hybridized carbons (Fsp3) is 0.250. The summed E-state index contributed by atoms with van der Waals surface area (Å²) in [5, 5.41) is 3.15. The van der Waals surface area contributed by atoms with E-state index in [4.69, 9.17) is 11.6 Å². The molecule has 0 unspecified atom stereocenters. The monoisotopic (exact) mass is 402 g/mol. The van der Waals surface area contributed by atoms with Crippen molar-refractivity contribution in [3.8, 4) is 0 Å². The number of hydrogen-bond donors (Lipinski definition) is 3. The molecule has 0 spiro atoms. The van der Waals surface area contributed by atoms with Gasteiger partial charge in [-0.25, -0.2) is 0 Å². The van der Waals surface area contributed by atoms with Crippen molar-refractivity contribution in [3.63, 3.8) is 0 Å². The van der Waals surface area contributed by atoms with E-state index < -0.39 is 11.8 Å². The number of benzene rings is 2. The lowest BCUT2D eigenvalue weighted by atomic mass is 10.1. The number of aryl methyl sites for hydroxylation is 2. The van der Waals surface area contributed by atoms with Crippen LogP contribution >= 0.6 is 11.6 Å². The van der Waals surface area contributed by atoms with Crippen molar-refractivity contribution >= 4 is 35.0 Å². The van der Waals surface area contributed by atoms with Gasteiger partial charge in [0.15, 0.2) is 0 Å².